The van der Waals surface area contributed by atoms with Crippen molar-refractivity contribution in [2.24, 2.45) is 0 Å². The minimum Gasteiger partial charge on any atom is -0.342 e. The maximum absolute atomic E-state index is 11.4. The normalized spacial score (nSPS) is 17.4. The molecule has 0 unspecified atom stereocenters. The summed E-state index contributed by atoms with van der Waals surface area (Å²) in [4.78, 5) is 13.3. The summed E-state index contributed by atoms with van der Waals surface area (Å²) in [6.07, 6.45) is 2.10. The Morgan fingerprint density at radius 3 is 2.44 bits per heavy atom. The smallest absolute Gasteiger partial charge is 0.237 e. The molecule has 1 aromatic rings. The molecule has 3 heteroatoms. The van der Waals surface area contributed by atoms with E-state index in [2.05, 4.69) is 24.3 Å². The first-order valence-electron chi connectivity index (χ1n) is 5.70. The highest BCUT2D eigenvalue weighted by atomic mass is 35.5. The zero-order valence-corrected chi connectivity index (χ0v) is 9.99. The van der Waals surface area contributed by atoms with Gasteiger partial charge in [0.2, 0.25) is 5.91 Å². The Hall–Kier alpha value is -1.02. The summed E-state index contributed by atoms with van der Waals surface area (Å²) in [6.45, 7) is 1.68. The first-order chi connectivity index (χ1) is 7.81. The van der Waals surface area contributed by atoms with Crippen LogP contribution < -0.4 is 0 Å². The SMILES string of the molecule is O=C(CCl)N1CCC(c2ccccc2)CC1. The fourth-order valence-electron chi connectivity index (χ4n) is 2.27. The monoisotopic (exact) mass is 237 g/mol. The maximum atomic E-state index is 11.4. The molecule has 0 bridgehead atoms. The number of hydrogen-bond donors (Lipinski definition) is 0. The Bertz CT molecular complexity index is 344. The van der Waals surface area contributed by atoms with Crippen LogP contribution in [-0.4, -0.2) is 29.8 Å². The molecule has 1 aliphatic rings. The van der Waals surface area contributed by atoms with Crippen molar-refractivity contribution in [1.82, 2.24) is 4.90 Å². The number of carbonyl (C=O) groups is 1. The summed E-state index contributed by atoms with van der Waals surface area (Å²) in [7, 11) is 0. The van der Waals surface area contributed by atoms with Gasteiger partial charge in [0.1, 0.15) is 5.88 Å². The number of carbonyl (C=O) groups excluding carboxylic acids is 1. The Morgan fingerprint density at radius 1 is 1.25 bits per heavy atom. The lowest BCUT2D eigenvalue weighted by Crippen LogP contribution is -2.38. The Labute approximate surface area is 101 Å². The molecule has 0 aromatic heterocycles. The minimum atomic E-state index is 0.0631. The van der Waals surface area contributed by atoms with Crippen LogP contribution in [0.25, 0.3) is 0 Å². The first-order valence-corrected chi connectivity index (χ1v) is 6.23. The summed E-state index contributed by atoms with van der Waals surface area (Å²) in [5.74, 6) is 0.768. The van der Waals surface area contributed by atoms with E-state index in [1.165, 1.54) is 5.56 Å². The van der Waals surface area contributed by atoms with Crippen molar-refractivity contribution in [2.45, 2.75) is 18.8 Å². The van der Waals surface area contributed by atoms with E-state index in [-0.39, 0.29) is 11.8 Å². The molecule has 1 fully saturated rings. The minimum absolute atomic E-state index is 0.0631. The molecular weight excluding hydrogens is 222 g/mol. The predicted molar refractivity (Wildman–Crippen MR) is 65.7 cm³/mol. The number of nitrogens with zero attached hydrogens (tertiary/aromatic N) is 1. The van der Waals surface area contributed by atoms with Crippen LogP contribution in [0.1, 0.15) is 24.3 Å². The van der Waals surface area contributed by atoms with Crippen molar-refractivity contribution < 1.29 is 4.79 Å². The zero-order valence-electron chi connectivity index (χ0n) is 9.23. The van der Waals surface area contributed by atoms with Crippen LogP contribution >= 0.6 is 11.6 Å². The number of piperidine rings is 1. The second-order valence-electron chi connectivity index (χ2n) is 4.20. The largest absolute Gasteiger partial charge is 0.342 e. The molecule has 1 amide bonds. The van der Waals surface area contributed by atoms with E-state index in [1.807, 2.05) is 11.0 Å². The molecule has 16 heavy (non-hydrogen) atoms. The highest BCUT2D eigenvalue weighted by Crippen LogP contribution is 2.27. The summed E-state index contributed by atoms with van der Waals surface area (Å²) in [5, 5.41) is 0. The fraction of sp³-hybridized carbons (Fsp3) is 0.462. The number of halogens is 1. The van der Waals surface area contributed by atoms with Gasteiger partial charge in [-0.15, -0.1) is 11.6 Å². The topological polar surface area (TPSA) is 20.3 Å². The summed E-state index contributed by atoms with van der Waals surface area (Å²) < 4.78 is 0. The van der Waals surface area contributed by atoms with E-state index in [1.54, 1.807) is 0 Å². The average Bonchev–Trinajstić information content (AvgIpc) is 2.39. The lowest BCUT2D eigenvalue weighted by atomic mass is 9.89. The predicted octanol–water partition coefficient (Wildman–Crippen LogP) is 2.63. The molecule has 1 aromatic carbocycles. The molecule has 1 aliphatic heterocycles. The van der Waals surface area contributed by atoms with Crippen molar-refractivity contribution in [3.05, 3.63) is 35.9 Å². The van der Waals surface area contributed by atoms with Gasteiger partial charge in [-0.2, -0.15) is 0 Å². The zero-order chi connectivity index (χ0) is 11.4. The third kappa shape index (κ3) is 2.56. The van der Waals surface area contributed by atoms with Gasteiger partial charge < -0.3 is 4.90 Å². The van der Waals surface area contributed by atoms with Crippen LogP contribution in [0, 0.1) is 0 Å². The molecule has 0 atom stereocenters. The fourth-order valence-corrected chi connectivity index (χ4v) is 2.44. The van der Waals surface area contributed by atoms with Gasteiger partial charge in [-0.25, -0.2) is 0 Å². The second kappa shape index (κ2) is 5.35. The van der Waals surface area contributed by atoms with Crippen molar-refractivity contribution in [3.8, 4) is 0 Å². The molecule has 2 nitrogen and oxygen atoms in total. The molecule has 0 radical (unpaired) electrons. The number of rotatable bonds is 2. The van der Waals surface area contributed by atoms with Crippen LogP contribution in [0.3, 0.4) is 0 Å². The van der Waals surface area contributed by atoms with Gasteiger partial charge in [-0.05, 0) is 24.3 Å². The van der Waals surface area contributed by atoms with Crippen LogP contribution in [-0.2, 0) is 4.79 Å². The lowest BCUT2D eigenvalue weighted by Gasteiger charge is -2.31. The van der Waals surface area contributed by atoms with Gasteiger partial charge in [0.15, 0.2) is 0 Å². The van der Waals surface area contributed by atoms with Crippen molar-refractivity contribution >= 4 is 17.5 Å². The van der Waals surface area contributed by atoms with Crippen molar-refractivity contribution in [3.63, 3.8) is 0 Å². The highest BCUT2D eigenvalue weighted by Gasteiger charge is 2.22. The lowest BCUT2D eigenvalue weighted by molar-refractivity contribution is -0.129. The van der Waals surface area contributed by atoms with E-state index in [0.29, 0.717) is 5.92 Å². The van der Waals surface area contributed by atoms with E-state index >= 15 is 0 Å². The van der Waals surface area contributed by atoms with E-state index in [4.69, 9.17) is 11.6 Å². The quantitative estimate of drug-likeness (QED) is 0.725. The van der Waals surface area contributed by atoms with E-state index < -0.39 is 0 Å². The third-order valence-corrected chi connectivity index (χ3v) is 3.46. The molecule has 1 saturated heterocycles. The average molecular weight is 238 g/mol. The van der Waals surface area contributed by atoms with Crippen LogP contribution in [0.5, 0.6) is 0 Å². The molecule has 1 heterocycles. The van der Waals surface area contributed by atoms with Crippen LogP contribution in [0.15, 0.2) is 30.3 Å². The summed E-state index contributed by atoms with van der Waals surface area (Å²) >= 11 is 5.55. The van der Waals surface area contributed by atoms with Gasteiger partial charge in [0.05, 0.1) is 0 Å². The van der Waals surface area contributed by atoms with Gasteiger partial charge in [0.25, 0.3) is 0 Å². The highest BCUT2D eigenvalue weighted by molar-refractivity contribution is 6.27. The molecule has 0 aliphatic carbocycles. The number of benzene rings is 1. The molecule has 0 N–H and O–H groups in total. The Balaban J connectivity index is 1.93. The summed E-state index contributed by atoms with van der Waals surface area (Å²) in [5.41, 5.74) is 1.39. The van der Waals surface area contributed by atoms with E-state index in [0.717, 1.165) is 25.9 Å². The molecule has 0 spiro atoms. The molecule has 2 rings (SSSR count). The number of likely N-dealkylation sites (tertiary alicyclic amines) is 1. The van der Waals surface area contributed by atoms with Gasteiger partial charge in [0, 0.05) is 13.1 Å². The Morgan fingerprint density at radius 2 is 1.88 bits per heavy atom. The molecular formula is C13H16ClNO. The Kier molecular flexibility index (Phi) is 3.83. The van der Waals surface area contributed by atoms with E-state index in [9.17, 15) is 4.79 Å². The van der Waals surface area contributed by atoms with Crippen molar-refractivity contribution in [2.75, 3.05) is 19.0 Å². The van der Waals surface area contributed by atoms with Gasteiger partial charge >= 0.3 is 0 Å². The maximum Gasteiger partial charge on any atom is 0.237 e. The second-order valence-corrected chi connectivity index (χ2v) is 4.47. The first kappa shape index (κ1) is 11.5. The van der Waals surface area contributed by atoms with Crippen LogP contribution in [0.4, 0.5) is 0 Å². The molecule has 86 valence electrons. The van der Waals surface area contributed by atoms with Gasteiger partial charge in [-0.3, -0.25) is 4.79 Å². The number of hydrogen-bond acceptors (Lipinski definition) is 1. The standard InChI is InChI=1S/C13H16ClNO/c14-10-13(16)15-8-6-12(7-9-15)11-4-2-1-3-5-11/h1-5,12H,6-10H2. The number of alkyl halides is 1. The van der Waals surface area contributed by atoms with Crippen molar-refractivity contribution in [1.29, 1.82) is 0 Å². The number of amides is 1. The van der Waals surface area contributed by atoms with Gasteiger partial charge in [-0.1, -0.05) is 30.3 Å². The third-order valence-electron chi connectivity index (χ3n) is 3.23. The van der Waals surface area contributed by atoms with Crippen LogP contribution in [0.2, 0.25) is 0 Å². The summed E-state index contributed by atoms with van der Waals surface area (Å²) in [6, 6.07) is 10.5. The molecule has 0 saturated carbocycles.